The molecule has 0 atom stereocenters. The van der Waals surface area contributed by atoms with Crippen molar-refractivity contribution in [1.29, 1.82) is 0 Å². The van der Waals surface area contributed by atoms with Crippen molar-refractivity contribution >= 4 is 23.7 Å². The molecule has 6 heteroatoms. The monoisotopic (exact) mass is 358 g/mol. The number of nitrogens with zero attached hydrogens (tertiary/aromatic N) is 2. The Kier molecular flexibility index (Phi) is 5.69. The van der Waals surface area contributed by atoms with Gasteiger partial charge in [-0.1, -0.05) is 30.3 Å². The van der Waals surface area contributed by atoms with Gasteiger partial charge in [-0.25, -0.2) is 5.43 Å². The fraction of sp³-hybridized carbons (Fsp3) is 0.0476. The second-order valence-corrected chi connectivity index (χ2v) is 5.80. The molecule has 0 radical (unpaired) electrons. The molecular formula is C21H18N4O2. The summed E-state index contributed by atoms with van der Waals surface area (Å²) in [5, 5.41) is 6.70. The summed E-state index contributed by atoms with van der Waals surface area (Å²) in [7, 11) is 0. The van der Waals surface area contributed by atoms with E-state index in [1.165, 1.54) is 6.21 Å². The number of benzene rings is 2. The molecule has 0 fully saturated rings. The van der Waals surface area contributed by atoms with E-state index >= 15 is 0 Å². The number of carbonyl (C=O) groups is 2. The van der Waals surface area contributed by atoms with Crippen LogP contribution in [0.3, 0.4) is 0 Å². The number of nitrogens with one attached hydrogen (secondary N) is 2. The second-order valence-electron chi connectivity index (χ2n) is 5.80. The number of carbonyl (C=O) groups excluding carboxylic acids is 2. The fourth-order valence-corrected chi connectivity index (χ4v) is 2.39. The van der Waals surface area contributed by atoms with Crippen LogP contribution in [-0.4, -0.2) is 23.0 Å². The third-order valence-corrected chi connectivity index (χ3v) is 3.69. The van der Waals surface area contributed by atoms with Gasteiger partial charge in [0.05, 0.1) is 11.9 Å². The number of rotatable bonds is 5. The molecule has 2 N–H and O–H groups in total. The topological polar surface area (TPSA) is 83.5 Å². The normalized spacial score (nSPS) is 10.6. The van der Waals surface area contributed by atoms with E-state index in [9.17, 15) is 9.59 Å². The quantitative estimate of drug-likeness (QED) is 0.541. The molecule has 27 heavy (non-hydrogen) atoms. The van der Waals surface area contributed by atoms with E-state index in [2.05, 4.69) is 20.8 Å². The molecule has 0 saturated heterocycles. The van der Waals surface area contributed by atoms with Crippen molar-refractivity contribution in [3.63, 3.8) is 0 Å². The molecule has 3 aromatic rings. The largest absolute Gasteiger partial charge is 0.322 e. The number of pyridine rings is 1. The van der Waals surface area contributed by atoms with E-state index in [1.54, 1.807) is 54.6 Å². The van der Waals surface area contributed by atoms with E-state index in [1.807, 2.05) is 25.1 Å². The number of aromatic nitrogens is 1. The molecule has 0 aliphatic heterocycles. The first kappa shape index (κ1) is 18.0. The minimum absolute atomic E-state index is 0.239. The van der Waals surface area contributed by atoms with Crippen molar-refractivity contribution < 1.29 is 9.59 Å². The minimum atomic E-state index is -0.380. The Morgan fingerprint density at radius 2 is 1.63 bits per heavy atom. The average Bonchev–Trinajstić information content (AvgIpc) is 2.69. The maximum absolute atomic E-state index is 12.3. The minimum Gasteiger partial charge on any atom is -0.322 e. The molecule has 1 aromatic heterocycles. The Hall–Kier alpha value is -3.80. The fourth-order valence-electron chi connectivity index (χ4n) is 2.39. The van der Waals surface area contributed by atoms with Gasteiger partial charge in [0, 0.05) is 22.5 Å². The lowest BCUT2D eigenvalue weighted by Gasteiger charge is -2.07. The number of hydrogen-bond donors (Lipinski definition) is 2. The van der Waals surface area contributed by atoms with Gasteiger partial charge in [-0.3, -0.25) is 14.6 Å². The Morgan fingerprint density at radius 1 is 0.889 bits per heavy atom. The zero-order valence-corrected chi connectivity index (χ0v) is 14.7. The van der Waals surface area contributed by atoms with Crippen molar-refractivity contribution in [3.05, 3.63) is 95.3 Å². The molecule has 0 saturated carbocycles. The zero-order chi connectivity index (χ0) is 19.1. The molecule has 0 unspecified atom stereocenters. The first-order valence-electron chi connectivity index (χ1n) is 8.35. The molecule has 0 spiro atoms. The van der Waals surface area contributed by atoms with Crippen molar-refractivity contribution in [2.24, 2.45) is 5.10 Å². The van der Waals surface area contributed by atoms with Crippen LogP contribution in [0.2, 0.25) is 0 Å². The summed E-state index contributed by atoms with van der Waals surface area (Å²) in [5.41, 5.74) is 5.43. The highest BCUT2D eigenvalue weighted by Crippen LogP contribution is 2.12. The Bertz CT molecular complexity index is 984. The van der Waals surface area contributed by atoms with E-state index in [0.717, 1.165) is 5.69 Å². The maximum Gasteiger partial charge on any atom is 0.271 e. The molecule has 0 aliphatic carbocycles. The summed E-state index contributed by atoms with van der Waals surface area (Å²) in [6.45, 7) is 1.88. The van der Waals surface area contributed by atoms with Gasteiger partial charge in [0.15, 0.2) is 0 Å². The van der Waals surface area contributed by atoms with E-state index in [0.29, 0.717) is 22.5 Å². The zero-order valence-electron chi connectivity index (χ0n) is 14.7. The first-order chi connectivity index (χ1) is 13.1. The lowest BCUT2D eigenvalue weighted by atomic mass is 10.1. The van der Waals surface area contributed by atoms with Crippen molar-refractivity contribution in [3.8, 4) is 0 Å². The molecule has 1 heterocycles. The second kappa shape index (κ2) is 8.53. The third kappa shape index (κ3) is 5.09. The SMILES string of the molecule is Cc1cccc(/C=N\NC(=O)c2cccc(NC(=O)c3ccccc3)c2)n1. The predicted octanol–water partition coefficient (Wildman–Crippen LogP) is 3.41. The lowest BCUT2D eigenvalue weighted by Crippen LogP contribution is -2.18. The van der Waals surface area contributed by atoms with Gasteiger partial charge in [-0.2, -0.15) is 5.10 Å². The van der Waals surface area contributed by atoms with Gasteiger partial charge in [0.2, 0.25) is 0 Å². The Morgan fingerprint density at radius 3 is 2.41 bits per heavy atom. The lowest BCUT2D eigenvalue weighted by molar-refractivity contribution is 0.0953. The molecule has 6 nitrogen and oxygen atoms in total. The van der Waals surface area contributed by atoms with Gasteiger partial charge in [-0.15, -0.1) is 0 Å². The summed E-state index contributed by atoms with van der Waals surface area (Å²) in [5.74, 6) is -0.619. The highest BCUT2D eigenvalue weighted by molar-refractivity contribution is 6.05. The number of aryl methyl sites for hydroxylation is 1. The number of anilines is 1. The van der Waals surface area contributed by atoms with Crippen LogP contribution in [0.1, 0.15) is 32.1 Å². The van der Waals surface area contributed by atoms with Crippen LogP contribution in [-0.2, 0) is 0 Å². The van der Waals surface area contributed by atoms with E-state index < -0.39 is 0 Å². The van der Waals surface area contributed by atoms with Gasteiger partial charge in [-0.05, 0) is 49.4 Å². The van der Waals surface area contributed by atoms with Gasteiger partial charge >= 0.3 is 0 Å². The van der Waals surface area contributed by atoms with Crippen LogP contribution in [0.5, 0.6) is 0 Å². The van der Waals surface area contributed by atoms with Crippen LogP contribution in [0, 0.1) is 6.92 Å². The van der Waals surface area contributed by atoms with Gasteiger partial charge in [0.1, 0.15) is 0 Å². The summed E-state index contributed by atoms with van der Waals surface area (Å²) in [4.78, 5) is 28.7. The summed E-state index contributed by atoms with van der Waals surface area (Å²) in [6.07, 6.45) is 1.48. The third-order valence-electron chi connectivity index (χ3n) is 3.69. The van der Waals surface area contributed by atoms with Gasteiger partial charge < -0.3 is 5.32 Å². The number of amides is 2. The van der Waals surface area contributed by atoms with Crippen molar-refractivity contribution in [2.45, 2.75) is 6.92 Å². The van der Waals surface area contributed by atoms with Crippen LogP contribution < -0.4 is 10.7 Å². The summed E-state index contributed by atoms with van der Waals surface area (Å²) >= 11 is 0. The van der Waals surface area contributed by atoms with E-state index in [4.69, 9.17) is 0 Å². The van der Waals surface area contributed by atoms with Crippen molar-refractivity contribution in [1.82, 2.24) is 10.4 Å². The first-order valence-corrected chi connectivity index (χ1v) is 8.35. The number of hydrazone groups is 1. The highest BCUT2D eigenvalue weighted by Gasteiger charge is 2.08. The molecule has 3 rings (SSSR count). The Labute approximate surface area is 157 Å². The predicted molar refractivity (Wildman–Crippen MR) is 105 cm³/mol. The van der Waals surface area contributed by atoms with Crippen LogP contribution in [0.4, 0.5) is 5.69 Å². The van der Waals surface area contributed by atoms with Gasteiger partial charge in [0.25, 0.3) is 11.8 Å². The summed E-state index contributed by atoms with van der Waals surface area (Å²) in [6, 6.07) is 21.1. The van der Waals surface area contributed by atoms with Crippen molar-refractivity contribution in [2.75, 3.05) is 5.32 Å². The molecule has 134 valence electrons. The van der Waals surface area contributed by atoms with E-state index in [-0.39, 0.29) is 11.8 Å². The molecule has 0 bridgehead atoms. The molecule has 2 amide bonds. The molecular weight excluding hydrogens is 340 g/mol. The standard InChI is InChI=1S/C21H18N4O2/c1-15-7-5-12-19(23-15)14-22-25-21(27)17-10-6-11-18(13-17)24-20(26)16-8-3-2-4-9-16/h2-14H,1H3,(H,24,26)(H,25,27)/b22-14-. The highest BCUT2D eigenvalue weighted by atomic mass is 16.2. The Balaban J connectivity index is 1.64. The van der Waals surface area contributed by atoms with Crippen LogP contribution in [0.25, 0.3) is 0 Å². The number of hydrogen-bond acceptors (Lipinski definition) is 4. The molecule has 0 aliphatic rings. The summed E-state index contributed by atoms with van der Waals surface area (Å²) < 4.78 is 0. The van der Waals surface area contributed by atoms with Crippen LogP contribution in [0.15, 0.2) is 77.9 Å². The van der Waals surface area contributed by atoms with Crippen LogP contribution >= 0.6 is 0 Å². The smallest absolute Gasteiger partial charge is 0.271 e. The molecule has 2 aromatic carbocycles. The average molecular weight is 358 g/mol. The maximum atomic E-state index is 12.3.